The van der Waals surface area contributed by atoms with Crippen LogP contribution in [0.5, 0.6) is 0 Å². The van der Waals surface area contributed by atoms with E-state index < -0.39 is 110 Å². The predicted molar refractivity (Wildman–Crippen MR) is 238 cm³/mol. The number of nitrogens with zero attached hydrogens (tertiary/aromatic N) is 2. The second kappa shape index (κ2) is 27.4. The van der Waals surface area contributed by atoms with Gasteiger partial charge in [-0.3, -0.25) is 42.9 Å². The minimum absolute atomic E-state index is 0.0112. The van der Waals surface area contributed by atoms with Crippen molar-refractivity contribution in [3.05, 3.63) is 29.6 Å². The van der Waals surface area contributed by atoms with Gasteiger partial charge in [0.15, 0.2) is 0 Å². The lowest BCUT2D eigenvalue weighted by atomic mass is 9.83. The summed E-state index contributed by atoms with van der Waals surface area (Å²) in [6.45, 7) is 0.00744. The Morgan fingerprint density at radius 1 is 0.924 bits per heavy atom. The van der Waals surface area contributed by atoms with Crippen molar-refractivity contribution in [2.75, 3.05) is 43.3 Å². The van der Waals surface area contributed by atoms with Crippen LogP contribution in [0.1, 0.15) is 83.1 Å². The molecule has 1 saturated carbocycles. The van der Waals surface area contributed by atoms with Gasteiger partial charge in [-0.25, -0.2) is 14.6 Å². The Morgan fingerprint density at radius 3 is 2.17 bits per heavy atom. The Morgan fingerprint density at radius 2 is 1.58 bits per heavy atom. The van der Waals surface area contributed by atoms with E-state index in [2.05, 4.69) is 26.6 Å². The van der Waals surface area contributed by atoms with Crippen LogP contribution in [0.3, 0.4) is 0 Å². The molecule has 1 aromatic carbocycles. The summed E-state index contributed by atoms with van der Waals surface area (Å²) in [4.78, 5) is 104. The van der Waals surface area contributed by atoms with Crippen molar-refractivity contribution in [1.29, 1.82) is 0 Å². The van der Waals surface area contributed by atoms with Gasteiger partial charge in [-0.15, -0.1) is 23.2 Å². The summed E-state index contributed by atoms with van der Waals surface area (Å²) in [6, 6.07) is -3.38. The SMILES string of the molecule is C[C@H](NC(=O)[C@@H]1C[C@@H](O)CN1C(=O)CCCC(=O)O)C(=O)N[C@@H](CO)C(=O)N[C@H](C(=O)N[C@@H](CCC(N)=O)C(=O)Nc1ccc(COP(N)(=O)N(CCCl)CCCl)cc1F)C1CCCCC1. The summed E-state index contributed by atoms with van der Waals surface area (Å²) in [5.74, 6) is -8.22. The van der Waals surface area contributed by atoms with Crippen LogP contribution in [-0.2, 0) is 54.1 Å². The molecule has 0 spiro atoms. The highest BCUT2D eigenvalue weighted by Crippen LogP contribution is 2.43. The Kier molecular flexibility index (Phi) is 23.2. The first-order valence-electron chi connectivity index (χ1n) is 21.5. The smallest absolute Gasteiger partial charge is 0.341 e. The monoisotopic (exact) mass is 995 g/mol. The standard InChI is InChI=1S/C40H61Cl2FN9O13P/c1-23(46-39(62)31-19-26(54)20-52(31)33(56)8-5-9-34(57)58)36(59)49-30(21-53)38(61)50-35(25-6-3-2-4-7-25)40(63)48-29(12-13-32(44)55)37(60)47-28-11-10-24(18-27(28)43)22-65-66(45,64)51(16-14-41)17-15-42/h10-11,18,23,25-26,29-31,35,53-54H,2-9,12-17,19-22H2,1H3,(H2,44,55)(H2,45,64)(H,46,62)(H,47,60)(H,48,63)(H,49,59)(H,50,61)(H,57,58)/t23-,26+,29-,30-,31-,35-,66?/m0/s1. The topological polar surface area (TPSA) is 342 Å². The van der Waals surface area contributed by atoms with Crippen molar-refractivity contribution < 1.29 is 67.2 Å². The first kappa shape index (κ1) is 55.8. The minimum Gasteiger partial charge on any atom is -0.481 e. The van der Waals surface area contributed by atoms with Gasteiger partial charge in [-0.1, -0.05) is 25.3 Å². The van der Waals surface area contributed by atoms with Gasteiger partial charge in [-0.2, -0.15) is 0 Å². The second-order valence-corrected chi connectivity index (χ2v) is 18.8. The van der Waals surface area contributed by atoms with E-state index >= 15 is 4.39 Å². The van der Waals surface area contributed by atoms with Gasteiger partial charge in [-0.05, 0) is 56.2 Å². The van der Waals surface area contributed by atoms with Gasteiger partial charge in [0.05, 0.1) is 25.0 Å². The molecule has 370 valence electrons. The number of carbonyl (C=O) groups excluding carboxylic acids is 7. The third kappa shape index (κ3) is 17.6. The van der Waals surface area contributed by atoms with Crippen LogP contribution in [0, 0.1) is 11.7 Å². The summed E-state index contributed by atoms with van der Waals surface area (Å²) in [7, 11) is -3.86. The zero-order valence-corrected chi connectivity index (χ0v) is 39.0. The van der Waals surface area contributed by atoms with Crippen molar-refractivity contribution in [2.24, 2.45) is 17.2 Å². The van der Waals surface area contributed by atoms with Crippen molar-refractivity contribution >= 4 is 83.9 Å². The first-order chi connectivity index (χ1) is 31.2. The average Bonchev–Trinajstić information content (AvgIpc) is 3.67. The Hall–Kier alpha value is -4.48. The minimum atomic E-state index is -3.86. The number of carbonyl (C=O) groups is 8. The molecule has 7 amide bonds. The summed E-state index contributed by atoms with van der Waals surface area (Å²) in [5.41, 5.74) is 11.1. The fourth-order valence-corrected chi connectivity index (χ4v) is 9.38. The highest BCUT2D eigenvalue weighted by atomic mass is 35.5. The molecular weight excluding hydrogens is 935 g/mol. The molecule has 1 aromatic rings. The summed E-state index contributed by atoms with van der Waals surface area (Å²) in [5, 5.41) is 41.5. The van der Waals surface area contributed by atoms with E-state index in [1.165, 1.54) is 23.7 Å². The number of anilines is 1. The Bertz CT molecular complexity index is 1930. The lowest BCUT2D eigenvalue weighted by Gasteiger charge is -2.32. The third-order valence-electron chi connectivity index (χ3n) is 11.1. The first-order valence-corrected chi connectivity index (χ1v) is 24.2. The number of aliphatic hydroxyl groups excluding tert-OH is 2. The molecule has 2 fully saturated rings. The molecule has 1 aliphatic carbocycles. The van der Waals surface area contributed by atoms with Crippen molar-refractivity contribution in [3.63, 3.8) is 0 Å². The number of hydrogen-bond donors (Lipinski definition) is 10. The van der Waals surface area contributed by atoms with Crippen molar-refractivity contribution in [2.45, 2.75) is 120 Å². The molecule has 22 nitrogen and oxygen atoms in total. The molecule has 1 unspecified atom stereocenters. The average molecular weight is 997 g/mol. The fourth-order valence-electron chi connectivity index (χ4n) is 7.48. The molecule has 1 aliphatic heterocycles. The van der Waals surface area contributed by atoms with Crippen LogP contribution < -0.4 is 37.8 Å². The molecule has 0 radical (unpaired) electrons. The summed E-state index contributed by atoms with van der Waals surface area (Å²) < 4.78 is 35.0. The van der Waals surface area contributed by atoms with Crippen LogP contribution in [0.25, 0.3) is 0 Å². The second-order valence-electron chi connectivity index (χ2n) is 16.1. The number of likely N-dealkylation sites (tertiary alicyclic amines) is 1. The van der Waals surface area contributed by atoms with Gasteiger partial charge in [0, 0.05) is 57.1 Å². The van der Waals surface area contributed by atoms with Gasteiger partial charge < -0.3 is 57.1 Å². The number of β-amino-alcohol motifs (C(OH)–C–C–N with tert-alkyl or cyclic N) is 1. The predicted octanol–water partition coefficient (Wildman–Crippen LogP) is 0.141. The van der Waals surface area contributed by atoms with Crippen molar-refractivity contribution in [1.82, 2.24) is 30.8 Å². The van der Waals surface area contributed by atoms with Crippen LogP contribution in [0.4, 0.5) is 10.1 Å². The van der Waals surface area contributed by atoms with Gasteiger partial charge in [0.1, 0.15) is 36.0 Å². The summed E-state index contributed by atoms with van der Waals surface area (Å²) in [6.07, 6.45) is 0.840. The van der Waals surface area contributed by atoms with Crippen molar-refractivity contribution in [3.8, 4) is 0 Å². The van der Waals surface area contributed by atoms with Gasteiger partial charge in [0.2, 0.25) is 41.4 Å². The lowest BCUT2D eigenvalue weighted by molar-refractivity contribution is -0.140. The zero-order chi connectivity index (χ0) is 49.1. The van der Waals surface area contributed by atoms with E-state index in [-0.39, 0.29) is 87.8 Å². The Balaban J connectivity index is 1.71. The molecule has 7 atom stereocenters. The number of aliphatic carboxylic acids is 1. The molecule has 0 bridgehead atoms. The van der Waals surface area contributed by atoms with E-state index in [9.17, 15) is 53.1 Å². The molecule has 1 saturated heterocycles. The number of benzene rings is 1. The van der Waals surface area contributed by atoms with E-state index in [1.54, 1.807) is 0 Å². The molecule has 3 rings (SSSR count). The van der Waals surface area contributed by atoms with E-state index in [0.717, 1.165) is 17.4 Å². The van der Waals surface area contributed by atoms with E-state index in [4.69, 9.17) is 44.1 Å². The van der Waals surface area contributed by atoms with E-state index in [0.29, 0.717) is 25.7 Å². The summed E-state index contributed by atoms with van der Waals surface area (Å²) >= 11 is 11.5. The number of aliphatic hydroxyl groups is 2. The van der Waals surface area contributed by atoms with Crippen LogP contribution in [0.15, 0.2) is 18.2 Å². The molecule has 1 heterocycles. The number of carboxylic acid groups (broad SMARTS) is 1. The molecule has 12 N–H and O–H groups in total. The number of nitrogens with one attached hydrogen (secondary N) is 5. The van der Waals surface area contributed by atoms with Crippen LogP contribution >= 0.6 is 30.9 Å². The van der Waals surface area contributed by atoms with E-state index in [1.807, 2.05) is 0 Å². The highest BCUT2D eigenvalue weighted by Gasteiger charge is 2.40. The number of halogens is 3. The normalized spacial score (nSPS) is 19.1. The fraction of sp³-hybridized carbons (Fsp3) is 0.650. The lowest BCUT2D eigenvalue weighted by Crippen LogP contribution is -2.60. The largest absolute Gasteiger partial charge is 0.481 e. The maximum Gasteiger partial charge on any atom is 0.341 e. The number of carboxylic acids is 1. The number of amides is 7. The number of nitrogens with two attached hydrogens (primary N) is 2. The molecule has 0 aromatic heterocycles. The molecule has 26 heteroatoms. The van der Waals surface area contributed by atoms with Gasteiger partial charge in [0.25, 0.3) is 0 Å². The number of hydrogen-bond acceptors (Lipinski definition) is 12. The van der Waals surface area contributed by atoms with Crippen LogP contribution in [-0.4, -0.2) is 147 Å². The Labute approximate surface area is 391 Å². The number of rotatable bonds is 27. The quantitative estimate of drug-likeness (QED) is 0.0414. The molecule has 2 aliphatic rings. The third-order valence-corrected chi connectivity index (χ3v) is 13.1. The van der Waals surface area contributed by atoms with Crippen LogP contribution in [0.2, 0.25) is 0 Å². The highest BCUT2D eigenvalue weighted by molar-refractivity contribution is 7.53. The molecular formula is C40H61Cl2FN9O13P. The number of alkyl halides is 2. The maximum atomic E-state index is 15.3. The number of primary amides is 1. The van der Waals surface area contributed by atoms with Gasteiger partial charge >= 0.3 is 13.6 Å². The maximum absolute atomic E-state index is 15.3. The zero-order valence-electron chi connectivity index (χ0n) is 36.6. The molecule has 66 heavy (non-hydrogen) atoms.